The summed E-state index contributed by atoms with van der Waals surface area (Å²) < 4.78 is 38.0. The van der Waals surface area contributed by atoms with Gasteiger partial charge in [0.15, 0.2) is 0 Å². The van der Waals surface area contributed by atoms with Crippen LogP contribution in [-0.4, -0.2) is 45.4 Å². The Labute approximate surface area is 175 Å². The summed E-state index contributed by atoms with van der Waals surface area (Å²) in [7, 11) is -0.804. The number of hydrogen-bond donors (Lipinski definition) is 1. The van der Waals surface area contributed by atoms with E-state index in [-0.39, 0.29) is 11.4 Å². The first-order chi connectivity index (χ1) is 13.9. The Balaban J connectivity index is 1.86. The summed E-state index contributed by atoms with van der Waals surface area (Å²) in [5, 5.41) is 3.25. The smallest absolute Gasteiger partial charge is 0.243 e. The molecule has 1 amide bonds. The molecule has 1 aliphatic heterocycles. The first kappa shape index (κ1) is 21.4. The Morgan fingerprint density at radius 1 is 1.10 bits per heavy atom. The third-order valence-electron chi connectivity index (χ3n) is 4.84. The number of halogens is 1. The van der Waals surface area contributed by atoms with Gasteiger partial charge in [-0.2, -0.15) is 4.31 Å². The molecule has 3 rings (SSSR count). The Morgan fingerprint density at radius 3 is 2.48 bits per heavy atom. The number of carbonyl (C=O) groups is 1. The SMILES string of the molecule is COc1ccc(NC(=O)[C@@H]2CCCCN2S(=O)(=O)c2ccc(Cl)cc2)c(OC)c1. The maximum absolute atomic E-state index is 13.1. The number of hydrogen-bond acceptors (Lipinski definition) is 5. The molecular weight excluding hydrogens is 416 g/mol. The average Bonchev–Trinajstić information content (AvgIpc) is 2.74. The normalized spacial score (nSPS) is 17.6. The minimum atomic E-state index is -3.83. The molecular formula is C20H23ClN2O5S. The van der Waals surface area contributed by atoms with E-state index in [2.05, 4.69) is 5.32 Å². The number of nitrogens with one attached hydrogen (secondary N) is 1. The molecule has 1 saturated heterocycles. The molecule has 156 valence electrons. The fourth-order valence-electron chi connectivity index (χ4n) is 3.31. The minimum absolute atomic E-state index is 0.114. The zero-order valence-corrected chi connectivity index (χ0v) is 17.8. The third kappa shape index (κ3) is 4.66. The molecule has 0 radical (unpaired) electrons. The predicted molar refractivity (Wildman–Crippen MR) is 111 cm³/mol. The lowest BCUT2D eigenvalue weighted by atomic mass is 10.0. The molecule has 2 aromatic carbocycles. The highest BCUT2D eigenvalue weighted by atomic mass is 35.5. The largest absolute Gasteiger partial charge is 0.497 e. The van der Waals surface area contributed by atoms with Crippen LogP contribution in [0.5, 0.6) is 11.5 Å². The van der Waals surface area contributed by atoms with Crippen LogP contribution in [0.2, 0.25) is 5.02 Å². The molecule has 1 aliphatic rings. The van der Waals surface area contributed by atoms with Gasteiger partial charge in [-0.25, -0.2) is 8.42 Å². The number of rotatable bonds is 6. The summed E-state index contributed by atoms with van der Waals surface area (Å²) in [6, 6.07) is 10.2. The predicted octanol–water partition coefficient (Wildman–Crippen LogP) is 3.54. The molecule has 9 heteroatoms. The van der Waals surface area contributed by atoms with Crippen molar-refractivity contribution >= 4 is 33.2 Å². The van der Waals surface area contributed by atoms with E-state index in [1.807, 2.05) is 0 Å². The molecule has 0 bridgehead atoms. The topological polar surface area (TPSA) is 84.9 Å². The number of anilines is 1. The highest BCUT2D eigenvalue weighted by Crippen LogP contribution is 2.31. The standard InChI is InChI=1S/C20H23ClN2O5S/c1-27-15-8-11-17(19(13-15)28-2)22-20(24)18-5-3-4-12-23(18)29(25,26)16-9-6-14(21)7-10-16/h6-11,13,18H,3-5,12H2,1-2H3,(H,22,24)/t18-/m0/s1. The van der Waals surface area contributed by atoms with Crippen molar-refractivity contribution in [1.29, 1.82) is 0 Å². The molecule has 29 heavy (non-hydrogen) atoms. The molecule has 0 unspecified atom stereocenters. The Morgan fingerprint density at radius 2 is 1.83 bits per heavy atom. The van der Waals surface area contributed by atoms with Gasteiger partial charge in [0, 0.05) is 17.6 Å². The van der Waals surface area contributed by atoms with Crippen LogP contribution in [0.25, 0.3) is 0 Å². The van der Waals surface area contributed by atoms with Crippen molar-refractivity contribution in [2.45, 2.75) is 30.2 Å². The summed E-state index contributed by atoms with van der Waals surface area (Å²) in [4.78, 5) is 13.1. The molecule has 0 spiro atoms. The molecule has 1 atom stereocenters. The highest BCUT2D eigenvalue weighted by molar-refractivity contribution is 7.89. The monoisotopic (exact) mass is 438 g/mol. The second kappa shape index (κ2) is 9.02. The van der Waals surface area contributed by atoms with Crippen molar-refractivity contribution in [3.8, 4) is 11.5 Å². The number of piperidine rings is 1. The van der Waals surface area contributed by atoms with Gasteiger partial charge >= 0.3 is 0 Å². The summed E-state index contributed by atoms with van der Waals surface area (Å²) in [6.07, 6.45) is 1.91. The van der Waals surface area contributed by atoms with Crippen LogP contribution in [0.15, 0.2) is 47.4 Å². The lowest BCUT2D eigenvalue weighted by Crippen LogP contribution is -2.49. The van der Waals surface area contributed by atoms with E-state index >= 15 is 0 Å². The first-order valence-electron chi connectivity index (χ1n) is 9.17. The van der Waals surface area contributed by atoms with Crippen molar-refractivity contribution in [3.05, 3.63) is 47.5 Å². The van der Waals surface area contributed by atoms with Crippen molar-refractivity contribution < 1.29 is 22.7 Å². The zero-order chi connectivity index (χ0) is 21.0. The maximum Gasteiger partial charge on any atom is 0.243 e. The zero-order valence-electron chi connectivity index (χ0n) is 16.2. The Bertz CT molecular complexity index is 979. The van der Waals surface area contributed by atoms with E-state index in [1.54, 1.807) is 18.2 Å². The van der Waals surface area contributed by atoms with Crippen LogP contribution >= 0.6 is 11.6 Å². The molecule has 0 aliphatic carbocycles. The lowest BCUT2D eigenvalue weighted by Gasteiger charge is -2.33. The van der Waals surface area contributed by atoms with Gasteiger partial charge in [0.25, 0.3) is 0 Å². The van der Waals surface area contributed by atoms with Gasteiger partial charge in [0.05, 0.1) is 24.8 Å². The minimum Gasteiger partial charge on any atom is -0.497 e. The maximum atomic E-state index is 13.1. The van der Waals surface area contributed by atoms with Crippen LogP contribution in [0, 0.1) is 0 Å². The van der Waals surface area contributed by atoms with Crippen molar-refractivity contribution in [3.63, 3.8) is 0 Å². The van der Waals surface area contributed by atoms with Gasteiger partial charge in [0.1, 0.15) is 17.5 Å². The molecule has 1 N–H and O–H groups in total. The van der Waals surface area contributed by atoms with E-state index in [1.165, 1.54) is 42.8 Å². The van der Waals surface area contributed by atoms with E-state index in [4.69, 9.17) is 21.1 Å². The van der Waals surface area contributed by atoms with Gasteiger partial charge in [0.2, 0.25) is 15.9 Å². The van der Waals surface area contributed by atoms with Gasteiger partial charge in [-0.15, -0.1) is 0 Å². The third-order valence-corrected chi connectivity index (χ3v) is 7.02. The van der Waals surface area contributed by atoms with Crippen LogP contribution < -0.4 is 14.8 Å². The Kier molecular flexibility index (Phi) is 6.66. The average molecular weight is 439 g/mol. The van der Waals surface area contributed by atoms with E-state index < -0.39 is 22.0 Å². The first-order valence-corrected chi connectivity index (χ1v) is 11.0. The van der Waals surface area contributed by atoms with Gasteiger partial charge in [-0.3, -0.25) is 4.79 Å². The quantitative estimate of drug-likeness (QED) is 0.745. The number of benzene rings is 2. The van der Waals surface area contributed by atoms with Gasteiger partial charge in [-0.05, 0) is 49.2 Å². The summed E-state index contributed by atoms with van der Waals surface area (Å²) in [5.41, 5.74) is 0.452. The van der Waals surface area contributed by atoms with Gasteiger partial charge in [-0.1, -0.05) is 18.0 Å². The summed E-state index contributed by atoms with van der Waals surface area (Å²) in [5.74, 6) is 0.621. The number of methoxy groups -OCH3 is 2. The highest BCUT2D eigenvalue weighted by Gasteiger charge is 2.37. The van der Waals surface area contributed by atoms with E-state index in [0.29, 0.717) is 35.1 Å². The molecule has 7 nitrogen and oxygen atoms in total. The van der Waals surface area contributed by atoms with Crippen LogP contribution in [0.3, 0.4) is 0 Å². The van der Waals surface area contributed by atoms with Crippen molar-refractivity contribution in [2.24, 2.45) is 0 Å². The van der Waals surface area contributed by atoms with Crippen molar-refractivity contribution in [2.75, 3.05) is 26.1 Å². The van der Waals surface area contributed by atoms with Crippen LogP contribution in [0.4, 0.5) is 5.69 Å². The number of carbonyl (C=O) groups excluding carboxylic acids is 1. The van der Waals surface area contributed by atoms with Gasteiger partial charge < -0.3 is 14.8 Å². The van der Waals surface area contributed by atoms with E-state index in [9.17, 15) is 13.2 Å². The van der Waals surface area contributed by atoms with E-state index in [0.717, 1.165) is 6.42 Å². The number of sulfonamides is 1. The van der Waals surface area contributed by atoms with Crippen LogP contribution in [-0.2, 0) is 14.8 Å². The number of amides is 1. The number of ether oxygens (including phenoxy) is 2. The number of nitrogens with zero attached hydrogens (tertiary/aromatic N) is 1. The summed E-state index contributed by atoms with van der Waals surface area (Å²) >= 11 is 5.87. The summed E-state index contributed by atoms with van der Waals surface area (Å²) in [6.45, 7) is 0.281. The molecule has 0 saturated carbocycles. The lowest BCUT2D eigenvalue weighted by molar-refractivity contribution is -0.120. The molecule has 1 fully saturated rings. The van der Waals surface area contributed by atoms with Crippen LogP contribution in [0.1, 0.15) is 19.3 Å². The van der Waals surface area contributed by atoms with Crippen molar-refractivity contribution in [1.82, 2.24) is 4.31 Å². The Hall–Kier alpha value is -2.29. The fraction of sp³-hybridized carbons (Fsp3) is 0.350. The fourth-order valence-corrected chi connectivity index (χ4v) is 5.10. The molecule has 2 aromatic rings. The molecule has 1 heterocycles. The second-order valence-corrected chi connectivity index (χ2v) is 8.96. The second-order valence-electron chi connectivity index (χ2n) is 6.64. The molecule has 0 aromatic heterocycles.